The molecule has 1 aliphatic carbocycles. The number of hydrogen-bond donors (Lipinski definition) is 2. The van der Waals surface area contributed by atoms with Crippen molar-refractivity contribution in [3.63, 3.8) is 0 Å². The first kappa shape index (κ1) is 23.6. The zero-order chi connectivity index (χ0) is 23.5. The number of ether oxygens (including phenoxy) is 1. The molecule has 2 amide bonds. The second kappa shape index (κ2) is 9.63. The predicted octanol–water partition coefficient (Wildman–Crippen LogP) is 3.90. The number of hydrogen-bond acceptors (Lipinski definition) is 4. The molecule has 0 radical (unpaired) electrons. The Morgan fingerprint density at radius 1 is 1.06 bits per heavy atom. The molecule has 8 heteroatoms. The second-order valence-corrected chi connectivity index (χ2v) is 9.42. The first-order chi connectivity index (χ1) is 15.1. The lowest BCUT2D eigenvalue weighted by Gasteiger charge is -2.27. The highest BCUT2D eigenvalue weighted by Gasteiger charge is 2.33. The summed E-state index contributed by atoms with van der Waals surface area (Å²) in [6.07, 6.45) is 3.64. The molecule has 0 bridgehead atoms. The van der Waals surface area contributed by atoms with E-state index in [2.05, 4.69) is 10.6 Å². The van der Waals surface area contributed by atoms with Gasteiger partial charge in [0, 0.05) is 13.1 Å². The number of alkyl carbamates (subject to hydrolysis) is 1. The normalized spacial score (nSPS) is 19.2. The SMILES string of the molecule is Cc1c(NC(=O)[C@H]2CCCCC[C@@H]2NC(=O)OC(C)(C)C)c(=O)n(-c2ccccc2)n1C. The molecular formula is C24H34N4O4. The fraction of sp³-hybridized carbons (Fsp3) is 0.542. The standard InChI is InChI=1S/C24H34N4O4/c1-16-20(22(30)28(27(16)5)17-12-8-6-9-13-17)26-21(29)18-14-10-7-11-15-19(18)25-23(31)32-24(2,3)4/h6,8-9,12-13,18-19H,7,10-11,14-15H2,1-5H3,(H,25,31)(H,26,29)/t18-,19-/m0/s1. The number of anilines is 1. The van der Waals surface area contributed by atoms with Gasteiger partial charge in [0.2, 0.25) is 5.91 Å². The van der Waals surface area contributed by atoms with Crippen molar-refractivity contribution in [3.05, 3.63) is 46.4 Å². The number of para-hydroxylation sites is 1. The fourth-order valence-corrected chi connectivity index (χ4v) is 4.18. The predicted molar refractivity (Wildman–Crippen MR) is 124 cm³/mol. The Morgan fingerprint density at radius 2 is 1.72 bits per heavy atom. The number of aromatic nitrogens is 2. The third kappa shape index (κ3) is 5.41. The van der Waals surface area contributed by atoms with Crippen LogP contribution >= 0.6 is 0 Å². The van der Waals surface area contributed by atoms with Crippen LogP contribution in [0.2, 0.25) is 0 Å². The Hall–Kier alpha value is -3.03. The molecule has 2 N–H and O–H groups in total. The minimum Gasteiger partial charge on any atom is -0.444 e. The van der Waals surface area contributed by atoms with Gasteiger partial charge in [-0.2, -0.15) is 0 Å². The van der Waals surface area contributed by atoms with Gasteiger partial charge in [-0.1, -0.05) is 37.5 Å². The van der Waals surface area contributed by atoms with E-state index in [1.165, 1.54) is 4.68 Å². The zero-order valence-corrected chi connectivity index (χ0v) is 19.6. The van der Waals surface area contributed by atoms with Gasteiger partial charge in [0.15, 0.2) is 0 Å². The van der Waals surface area contributed by atoms with Gasteiger partial charge >= 0.3 is 6.09 Å². The Morgan fingerprint density at radius 3 is 2.38 bits per heavy atom. The molecule has 1 aromatic carbocycles. The first-order valence-corrected chi connectivity index (χ1v) is 11.2. The van der Waals surface area contributed by atoms with Crippen molar-refractivity contribution in [3.8, 4) is 5.69 Å². The van der Waals surface area contributed by atoms with Crippen molar-refractivity contribution >= 4 is 17.7 Å². The van der Waals surface area contributed by atoms with Gasteiger partial charge in [-0.15, -0.1) is 0 Å². The van der Waals surface area contributed by atoms with Gasteiger partial charge in [0.1, 0.15) is 11.3 Å². The topological polar surface area (TPSA) is 94.4 Å². The summed E-state index contributed by atoms with van der Waals surface area (Å²) in [7, 11) is 1.79. The van der Waals surface area contributed by atoms with E-state index < -0.39 is 17.6 Å². The lowest BCUT2D eigenvalue weighted by Crippen LogP contribution is -2.46. The number of carbonyl (C=O) groups excluding carboxylic acids is 2. The lowest BCUT2D eigenvalue weighted by atomic mass is 9.93. The third-order valence-electron chi connectivity index (χ3n) is 5.86. The number of rotatable bonds is 4. The van der Waals surface area contributed by atoms with Crippen LogP contribution in [0.25, 0.3) is 5.69 Å². The number of benzene rings is 1. The maximum absolute atomic E-state index is 13.3. The van der Waals surface area contributed by atoms with Crippen molar-refractivity contribution in [1.29, 1.82) is 0 Å². The van der Waals surface area contributed by atoms with Crippen molar-refractivity contribution < 1.29 is 14.3 Å². The summed E-state index contributed by atoms with van der Waals surface area (Å²) in [5.74, 6) is -0.687. The van der Waals surface area contributed by atoms with Crippen LogP contribution in [0, 0.1) is 12.8 Å². The van der Waals surface area contributed by atoms with Crippen molar-refractivity contribution in [2.45, 2.75) is 71.4 Å². The van der Waals surface area contributed by atoms with E-state index in [1.54, 1.807) is 39.4 Å². The van der Waals surface area contributed by atoms with E-state index in [0.717, 1.165) is 24.9 Å². The first-order valence-electron chi connectivity index (χ1n) is 11.2. The molecule has 3 rings (SSSR count). The fourth-order valence-electron chi connectivity index (χ4n) is 4.18. The van der Waals surface area contributed by atoms with E-state index in [9.17, 15) is 14.4 Å². The summed E-state index contributed by atoms with van der Waals surface area (Å²) in [6, 6.07) is 8.96. The van der Waals surface area contributed by atoms with Crippen LogP contribution in [-0.2, 0) is 16.6 Å². The minimum atomic E-state index is -0.615. The van der Waals surface area contributed by atoms with E-state index in [-0.39, 0.29) is 23.2 Å². The third-order valence-corrected chi connectivity index (χ3v) is 5.86. The van der Waals surface area contributed by atoms with Gasteiger partial charge < -0.3 is 15.4 Å². The van der Waals surface area contributed by atoms with Crippen molar-refractivity contribution in [1.82, 2.24) is 14.7 Å². The summed E-state index contributed by atoms with van der Waals surface area (Å²) >= 11 is 0. The monoisotopic (exact) mass is 442 g/mol. The Bertz CT molecular complexity index is 1020. The van der Waals surface area contributed by atoms with Crippen LogP contribution in [0.1, 0.15) is 58.6 Å². The number of nitrogens with one attached hydrogen (secondary N) is 2. The molecule has 1 aliphatic rings. The molecule has 1 fully saturated rings. The summed E-state index contributed by atoms with van der Waals surface area (Å²) in [5, 5.41) is 5.77. The van der Waals surface area contributed by atoms with Crippen LogP contribution in [0.5, 0.6) is 0 Å². The van der Waals surface area contributed by atoms with Crippen LogP contribution < -0.4 is 16.2 Å². The van der Waals surface area contributed by atoms with E-state index >= 15 is 0 Å². The summed E-state index contributed by atoms with van der Waals surface area (Å²) in [6.45, 7) is 7.22. The highest BCUT2D eigenvalue weighted by Crippen LogP contribution is 2.26. The lowest BCUT2D eigenvalue weighted by molar-refractivity contribution is -0.120. The molecule has 1 heterocycles. The summed E-state index contributed by atoms with van der Waals surface area (Å²) in [5.41, 5.74) is 0.757. The van der Waals surface area contributed by atoms with Gasteiger partial charge in [-0.05, 0) is 52.7 Å². The van der Waals surface area contributed by atoms with Gasteiger partial charge in [-0.3, -0.25) is 14.3 Å². The number of amides is 2. The van der Waals surface area contributed by atoms with Gasteiger partial charge in [0.05, 0.1) is 17.3 Å². The van der Waals surface area contributed by atoms with Gasteiger partial charge in [-0.25, -0.2) is 9.48 Å². The molecule has 1 aromatic heterocycles. The minimum absolute atomic E-state index is 0.251. The maximum atomic E-state index is 13.3. The highest BCUT2D eigenvalue weighted by atomic mass is 16.6. The zero-order valence-electron chi connectivity index (χ0n) is 19.6. The Labute approximate surface area is 188 Å². The largest absolute Gasteiger partial charge is 0.444 e. The molecule has 0 aliphatic heterocycles. The molecule has 0 unspecified atom stereocenters. The van der Waals surface area contributed by atoms with E-state index in [0.29, 0.717) is 18.5 Å². The molecule has 174 valence electrons. The average Bonchev–Trinajstić information content (AvgIpc) is 2.88. The molecule has 2 aromatic rings. The van der Waals surface area contributed by atoms with E-state index in [4.69, 9.17) is 4.74 Å². The number of carbonyl (C=O) groups is 2. The molecule has 1 saturated carbocycles. The molecule has 2 atom stereocenters. The summed E-state index contributed by atoms with van der Waals surface area (Å²) < 4.78 is 8.66. The van der Waals surface area contributed by atoms with E-state index in [1.807, 2.05) is 30.3 Å². The molecule has 32 heavy (non-hydrogen) atoms. The molecular weight excluding hydrogens is 408 g/mol. The van der Waals surface area contributed by atoms with Crippen LogP contribution in [0.3, 0.4) is 0 Å². The smallest absolute Gasteiger partial charge is 0.407 e. The van der Waals surface area contributed by atoms with Crippen LogP contribution in [-0.4, -0.2) is 33.0 Å². The van der Waals surface area contributed by atoms with Crippen LogP contribution in [0.15, 0.2) is 35.1 Å². The molecule has 0 saturated heterocycles. The highest BCUT2D eigenvalue weighted by molar-refractivity contribution is 5.93. The van der Waals surface area contributed by atoms with Crippen molar-refractivity contribution in [2.24, 2.45) is 13.0 Å². The van der Waals surface area contributed by atoms with Crippen molar-refractivity contribution in [2.75, 3.05) is 5.32 Å². The second-order valence-electron chi connectivity index (χ2n) is 9.42. The maximum Gasteiger partial charge on any atom is 0.407 e. The Kier molecular flexibility index (Phi) is 7.11. The quantitative estimate of drug-likeness (QED) is 0.702. The average molecular weight is 443 g/mol. The molecule has 8 nitrogen and oxygen atoms in total. The molecule has 0 spiro atoms. The van der Waals surface area contributed by atoms with Gasteiger partial charge in [0.25, 0.3) is 5.56 Å². The number of nitrogens with zero attached hydrogens (tertiary/aromatic N) is 2. The Balaban J connectivity index is 1.83. The summed E-state index contributed by atoms with van der Waals surface area (Å²) in [4.78, 5) is 38.8. The van der Waals surface area contributed by atoms with Crippen LogP contribution in [0.4, 0.5) is 10.5 Å².